The van der Waals surface area contributed by atoms with E-state index in [1.54, 1.807) is 30.4 Å². The summed E-state index contributed by atoms with van der Waals surface area (Å²) in [6.07, 6.45) is 6.58. The van der Waals surface area contributed by atoms with Crippen LogP contribution in [0.3, 0.4) is 0 Å². The molecule has 0 aliphatic carbocycles. The molecule has 232 valence electrons. The molecule has 1 unspecified atom stereocenters. The van der Waals surface area contributed by atoms with Crippen LogP contribution in [0.25, 0.3) is 11.3 Å². The third-order valence-corrected chi connectivity index (χ3v) is 7.42. The number of Topliss-reactive ketones (excluding diaryl/α,β-unsaturated/α-hetero) is 1. The Bertz CT molecular complexity index is 1370. The molecule has 1 atom stereocenters. The second-order valence-corrected chi connectivity index (χ2v) is 12.8. The van der Waals surface area contributed by atoms with Crippen LogP contribution in [-0.2, 0) is 4.79 Å². The third kappa shape index (κ3) is 11.9. The Morgan fingerprint density at radius 3 is 2.21 bits per heavy atom. The number of hydrogen-bond donors (Lipinski definition) is 1. The van der Waals surface area contributed by atoms with Gasteiger partial charge in [0.15, 0.2) is 5.13 Å². The summed E-state index contributed by atoms with van der Waals surface area (Å²) in [6.45, 7) is 22.1. The molecular formula is C36H49FN4OS. The minimum Gasteiger partial charge on any atom is -0.364 e. The molecule has 0 saturated heterocycles. The molecule has 0 aliphatic rings. The molecule has 43 heavy (non-hydrogen) atoms. The number of hydrogen-bond acceptors (Lipinski definition) is 6. The number of aromatic nitrogens is 1. The van der Waals surface area contributed by atoms with Gasteiger partial charge in [-0.15, -0.1) is 0 Å². The van der Waals surface area contributed by atoms with Gasteiger partial charge in [0.05, 0.1) is 16.3 Å². The van der Waals surface area contributed by atoms with Gasteiger partial charge in [-0.2, -0.15) is 0 Å². The Morgan fingerprint density at radius 2 is 1.70 bits per heavy atom. The molecule has 1 aromatic heterocycles. The van der Waals surface area contributed by atoms with E-state index in [2.05, 4.69) is 70.5 Å². The topological polar surface area (TPSA) is 57.6 Å². The van der Waals surface area contributed by atoms with Gasteiger partial charge in [0.2, 0.25) is 0 Å². The minimum atomic E-state index is -0.294. The molecule has 1 heterocycles. The van der Waals surface area contributed by atoms with Crippen molar-refractivity contribution < 1.29 is 9.18 Å². The van der Waals surface area contributed by atoms with Crippen molar-refractivity contribution >= 4 is 28.0 Å². The van der Waals surface area contributed by atoms with E-state index in [0.717, 1.165) is 41.5 Å². The summed E-state index contributed by atoms with van der Waals surface area (Å²) in [6, 6.07) is 17.0. The number of thiazole rings is 1. The van der Waals surface area contributed by atoms with Gasteiger partial charge < -0.3 is 15.0 Å². The molecule has 0 radical (unpaired) electrons. The Hall–Kier alpha value is -3.58. The van der Waals surface area contributed by atoms with Crippen molar-refractivity contribution in [2.45, 2.75) is 80.7 Å². The molecule has 1 N–H and O–H groups in total. The van der Waals surface area contributed by atoms with Crippen LogP contribution in [0.2, 0.25) is 0 Å². The highest BCUT2D eigenvalue weighted by molar-refractivity contribution is 7.18. The first-order valence-electron chi connectivity index (χ1n) is 15.1. The highest BCUT2D eigenvalue weighted by atomic mass is 32.1. The fraction of sp³-hybridized carbons (Fsp3) is 0.417. The van der Waals surface area contributed by atoms with E-state index in [-0.39, 0.29) is 23.1 Å². The molecule has 3 aromatic rings. The largest absolute Gasteiger partial charge is 0.364 e. The first-order valence-corrected chi connectivity index (χ1v) is 15.9. The molecule has 0 fully saturated rings. The van der Waals surface area contributed by atoms with Gasteiger partial charge in [-0.3, -0.25) is 0 Å². The Labute approximate surface area is 262 Å². The third-order valence-electron chi connectivity index (χ3n) is 6.28. The summed E-state index contributed by atoms with van der Waals surface area (Å²) in [5.74, 6) is 0.526. The van der Waals surface area contributed by atoms with Crippen LogP contribution in [-0.4, -0.2) is 29.6 Å². The summed E-state index contributed by atoms with van der Waals surface area (Å²) in [5, 5.41) is 4.26. The average Bonchev–Trinajstić information content (AvgIpc) is 3.37. The number of carbonyl (C=O) groups excluding carboxylic acids is 1. The number of aliphatic imine (C=N–C) groups is 1. The van der Waals surface area contributed by atoms with Crippen molar-refractivity contribution in [2.24, 2.45) is 10.4 Å². The number of nitrogens with one attached hydrogen (secondary N) is 1. The lowest BCUT2D eigenvalue weighted by Crippen LogP contribution is -2.24. The van der Waals surface area contributed by atoms with Crippen LogP contribution < -0.4 is 10.2 Å². The fourth-order valence-corrected chi connectivity index (χ4v) is 5.72. The number of ketones is 1. The highest BCUT2D eigenvalue weighted by Gasteiger charge is 2.22. The first kappa shape index (κ1) is 35.6. The lowest BCUT2D eigenvalue weighted by atomic mass is 9.91. The predicted molar refractivity (Wildman–Crippen MR) is 184 cm³/mol. The maximum atomic E-state index is 14.9. The van der Waals surface area contributed by atoms with Gasteiger partial charge >= 0.3 is 0 Å². The van der Waals surface area contributed by atoms with E-state index in [0.29, 0.717) is 29.2 Å². The zero-order valence-electron chi connectivity index (χ0n) is 27.2. The van der Waals surface area contributed by atoms with Crippen LogP contribution in [0.5, 0.6) is 0 Å². The van der Waals surface area contributed by atoms with Gasteiger partial charge in [-0.25, -0.2) is 14.4 Å². The standard InChI is InChI=1S/C29H35FN4S.C7H14O/c1-6-14-26(32-22(5)31-21(4)23-15-10-9-11-16-23)28-27(24-17-12-13-18-25(24)30)33-29(35-28)34(19-7-2)20-8-3;1-6(8)5-7(2,3)4/h6,9-18,21,31H,5,7-8,19-20H2,1-4H3;5H2,1-4H3/b14-6-,32-26+;. The zero-order valence-corrected chi connectivity index (χ0v) is 28.0. The van der Waals surface area contributed by atoms with Crippen molar-refractivity contribution in [3.63, 3.8) is 0 Å². The van der Waals surface area contributed by atoms with E-state index >= 15 is 0 Å². The number of rotatable bonds is 13. The molecule has 2 aromatic carbocycles. The van der Waals surface area contributed by atoms with Crippen molar-refractivity contribution in [1.29, 1.82) is 0 Å². The molecule has 0 saturated carbocycles. The van der Waals surface area contributed by atoms with Crippen LogP contribution in [0.15, 0.2) is 84.1 Å². The summed E-state index contributed by atoms with van der Waals surface area (Å²) < 4.78 is 14.9. The number of halogens is 1. The summed E-state index contributed by atoms with van der Waals surface area (Å²) in [7, 11) is 0. The Balaban J connectivity index is 0.000000708. The summed E-state index contributed by atoms with van der Waals surface area (Å²) in [5.41, 5.74) is 3.12. The first-order chi connectivity index (χ1) is 20.4. The number of carbonyl (C=O) groups is 1. The van der Waals surface area contributed by atoms with E-state index < -0.39 is 0 Å². The monoisotopic (exact) mass is 604 g/mol. The molecule has 0 aliphatic heterocycles. The zero-order chi connectivity index (χ0) is 32.0. The molecule has 0 bridgehead atoms. The van der Waals surface area contributed by atoms with Crippen molar-refractivity contribution in [1.82, 2.24) is 10.3 Å². The van der Waals surface area contributed by atoms with E-state index in [4.69, 9.17) is 9.98 Å². The highest BCUT2D eigenvalue weighted by Crippen LogP contribution is 2.36. The molecule has 0 amide bonds. The number of benzene rings is 2. The van der Waals surface area contributed by atoms with Crippen molar-refractivity contribution in [3.8, 4) is 11.3 Å². The van der Waals surface area contributed by atoms with Gasteiger partial charge in [-0.05, 0) is 62.8 Å². The van der Waals surface area contributed by atoms with E-state index in [9.17, 15) is 9.18 Å². The molecule has 3 rings (SSSR count). The van der Waals surface area contributed by atoms with Gasteiger partial charge in [-0.1, -0.05) is 101 Å². The Kier molecular flexibility index (Phi) is 14.5. The molecule has 5 nitrogen and oxygen atoms in total. The second kappa shape index (κ2) is 17.5. The van der Waals surface area contributed by atoms with Crippen LogP contribution in [0, 0.1) is 11.2 Å². The van der Waals surface area contributed by atoms with Gasteiger partial charge in [0.25, 0.3) is 0 Å². The quantitative estimate of drug-likeness (QED) is 0.197. The van der Waals surface area contributed by atoms with Crippen LogP contribution in [0.4, 0.5) is 9.52 Å². The minimum absolute atomic E-state index is 0.0481. The summed E-state index contributed by atoms with van der Waals surface area (Å²) in [4.78, 5) is 23.3. The van der Waals surface area contributed by atoms with Gasteiger partial charge in [0, 0.05) is 31.1 Å². The number of nitrogens with zero attached hydrogens (tertiary/aromatic N) is 3. The Morgan fingerprint density at radius 1 is 1.09 bits per heavy atom. The van der Waals surface area contributed by atoms with E-state index in [1.165, 1.54) is 6.07 Å². The fourth-order valence-electron chi connectivity index (χ4n) is 4.62. The van der Waals surface area contributed by atoms with Crippen LogP contribution in [0.1, 0.15) is 91.1 Å². The number of anilines is 1. The lowest BCUT2D eigenvalue weighted by molar-refractivity contribution is -0.118. The lowest BCUT2D eigenvalue weighted by Gasteiger charge is -2.20. The molecular weight excluding hydrogens is 555 g/mol. The maximum absolute atomic E-state index is 14.9. The average molecular weight is 605 g/mol. The maximum Gasteiger partial charge on any atom is 0.186 e. The summed E-state index contributed by atoms with van der Waals surface area (Å²) >= 11 is 1.55. The van der Waals surface area contributed by atoms with E-state index in [1.807, 2.05) is 43.3 Å². The van der Waals surface area contributed by atoms with Crippen LogP contribution >= 0.6 is 11.3 Å². The van der Waals surface area contributed by atoms with Crippen molar-refractivity contribution in [2.75, 3.05) is 18.0 Å². The smallest absolute Gasteiger partial charge is 0.186 e. The predicted octanol–water partition coefficient (Wildman–Crippen LogP) is 9.77. The van der Waals surface area contributed by atoms with Gasteiger partial charge in [0.1, 0.15) is 17.4 Å². The van der Waals surface area contributed by atoms with Crippen molar-refractivity contribution in [3.05, 3.63) is 95.4 Å². The normalized spacial score (nSPS) is 12.4. The molecule has 0 spiro atoms. The second-order valence-electron chi connectivity index (χ2n) is 11.8. The molecule has 7 heteroatoms. The number of allylic oxidation sites excluding steroid dienone is 2. The SMILES string of the molecule is C=C(/N=C(\C=C/C)c1sc(N(CCC)CCC)nc1-c1ccccc1F)NC(C)c1ccccc1.CC(=O)CC(C)(C)C.